The van der Waals surface area contributed by atoms with E-state index in [1.165, 1.54) is 5.56 Å². The van der Waals surface area contributed by atoms with Gasteiger partial charge in [0.1, 0.15) is 0 Å². The number of sulfonamides is 1. The first kappa shape index (κ1) is 15.0. The molecule has 2 heterocycles. The zero-order valence-corrected chi connectivity index (χ0v) is 13.4. The van der Waals surface area contributed by atoms with Gasteiger partial charge in [-0.05, 0) is 49.4 Å². The Morgan fingerprint density at radius 2 is 2.00 bits per heavy atom. The van der Waals surface area contributed by atoms with Crippen molar-refractivity contribution in [3.05, 3.63) is 29.8 Å². The molecule has 2 aliphatic rings. The van der Waals surface area contributed by atoms with Crippen molar-refractivity contribution >= 4 is 10.0 Å². The Bertz CT molecular complexity index is 569. The molecule has 2 saturated heterocycles. The number of hydrogen-bond acceptors (Lipinski definition) is 3. The first-order valence-electron chi connectivity index (χ1n) is 7.93. The van der Waals surface area contributed by atoms with Gasteiger partial charge in [-0.15, -0.1) is 0 Å². The van der Waals surface area contributed by atoms with Gasteiger partial charge in [-0.2, -0.15) is 4.31 Å². The van der Waals surface area contributed by atoms with Crippen LogP contribution in [0.1, 0.15) is 31.7 Å². The molecular weight excluding hydrogens is 284 g/mol. The molecule has 21 heavy (non-hydrogen) atoms. The second-order valence-electron chi connectivity index (χ2n) is 6.18. The van der Waals surface area contributed by atoms with Crippen LogP contribution in [0.3, 0.4) is 0 Å². The van der Waals surface area contributed by atoms with E-state index in [1.54, 1.807) is 16.4 Å². The molecule has 3 rings (SSSR count). The molecule has 0 aromatic heterocycles. The number of benzene rings is 1. The maximum atomic E-state index is 12.7. The van der Waals surface area contributed by atoms with Crippen molar-refractivity contribution in [2.45, 2.75) is 43.5 Å². The predicted octanol–water partition coefficient (Wildman–Crippen LogP) is 2.01. The summed E-state index contributed by atoms with van der Waals surface area (Å²) in [5, 5.41) is 3.45. The quantitative estimate of drug-likeness (QED) is 0.926. The van der Waals surface area contributed by atoms with Gasteiger partial charge in [-0.25, -0.2) is 8.42 Å². The van der Waals surface area contributed by atoms with Crippen LogP contribution in [-0.4, -0.2) is 38.4 Å². The molecule has 0 unspecified atom stereocenters. The van der Waals surface area contributed by atoms with Gasteiger partial charge in [0.05, 0.1) is 4.90 Å². The minimum Gasteiger partial charge on any atom is -0.312 e. The molecule has 0 aliphatic carbocycles. The monoisotopic (exact) mass is 308 g/mol. The number of aryl methyl sites for hydroxylation is 1. The first-order valence-corrected chi connectivity index (χ1v) is 9.37. The topological polar surface area (TPSA) is 49.4 Å². The molecule has 0 spiro atoms. The highest BCUT2D eigenvalue weighted by molar-refractivity contribution is 7.89. The fourth-order valence-electron chi connectivity index (χ4n) is 3.47. The van der Waals surface area contributed by atoms with Crippen LogP contribution in [0.15, 0.2) is 29.2 Å². The van der Waals surface area contributed by atoms with Gasteiger partial charge >= 0.3 is 0 Å². The summed E-state index contributed by atoms with van der Waals surface area (Å²) in [5.74, 6) is 0.480. The Morgan fingerprint density at radius 1 is 1.24 bits per heavy atom. The maximum absolute atomic E-state index is 12.7. The van der Waals surface area contributed by atoms with Gasteiger partial charge in [0.2, 0.25) is 10.0 Å². The van der Waals surface area contributed by atoms with Gasteiger partial charge in [0.15, 0.2) is 0 Å². The molecule has 0 amide bonds. The molecule has 1 N–H and O–H groups in total. The minimum atomic E-state index is -3.34. The third-order valence-corrected chi connectivity index (χ3v) is 6.51. The van der Waals surface area contributed by atoms with Crippen LogP contribution in [0, 0.1) is 5.92 Å². The molecule has 4 nitrogen and oxygen atoms in total. The Labute approximate surface area is 127 Å². The smallest absolute Gasteiger partial charge is 0.243 e. The lowest BCUT2D eigenvalue weighted by atomic mass is 9.94. The SMILES string of the molecule is CCCc1ccc(S(=O)(=O)N2C[C@@H]3CCCN[C@@H]3C2)cc1. The first-order chi connectivity index (χ1) is 10.1. The van der Waals surface area contributed by atoms with Crippen LogP contribution < -0.4 is 5.32 Å². The molecule has 2 aliphatic heterocycles. The van der Waals surface area contributed by atoms with E-state index in [4.69, 9.17) is 0 Å². The second kappa shape index (κ2) is 6.07. The highest BCUT2D eigenvalue weighted by Crippen LogP contribution is 2.29. The van der Waals surface area contributed by atoms with E-state index in [0.29, 0.717) is 29.9 Å². The van der Waals surface area contributed by atoms with Gasteiger partial charge in [0, 0.05) is 19.1 Å². The van der Waals surface area contributed by atoms with Gasteiger partial charge in [-0.1, -0.05) is 25.5 Å². The summed E-state index contributed by atoms with van der Waals surface area (Å²) >= 11 is 0. The number of piperidine rings is 1. The Morgan fingerprint density at radius 3 is 2.67 bits per heavy atom. The van der Waals surface area contributed by atoms with Crippen LogP contribution in [0.25, 0.3) is 0 Å². The second-order valence-corrected chi connectivity index (χ2v) is 8.12. The molecule has 0 radical (unpaired) electrons. The summed E-state index contributed by atoms with van der Waals surface area (Å²) in [6, 6.07) is 7.74. The van der Waals surface area contributed by atoms with Crippen molar-refractivity contribution < 1.29 is 8.42 Å². The van der Waals surface area contributed by atoms with E-state index < -0.39 is 10.0 Å². The largest absolute Gasteiger partial charge is 0.312 e. The molecule has 2 fully saturated rings. The summed E-state index contributed by atoms with van der Waals surface area (Å²) < 4.78 is 27.2. The van der Waals surface area contributed by atoms with E-state index in [2.05, 4.69) is 12.2 Å². The Balaban J connectivity index is 1.77. The van der Waals surface area contributed by atoms with Gasteiger partial charge < -0.3 is 5.32 Å². The highest BCUT2D eigenvalue weighted by Gasteiger charge is 2.40. The van der Waals surface area contributed by atoms with Gasteiger partial charge in [0.25, 0.3) is 0 Å². The summed E-state index contributed by atoms with van der Waals surface area (Å²) in [6.45, 7) is 4.42. The molecule has 1 aromatic carbocycles. The number of nitrogens with one attached hydrogen (secondary N) is 1. The minimum absolute atomic E-state index is 0.341. The number of fused-ring (bicyclic) bond motifs is 1. The van der Waals surface area contributed by atoms with E-state index in [9.17, 15) is 8.42 Å². The lowest BCUT2D eigenvalue weighted by molar-refractivity contribution is 0.339. The average molecular weight is 308 g/mol. The number of nitrogens with zero attached hydrogens (tertiary/aromatic N) is 1. The Kier molecular flexibility index (Phi) is 4.33. The summed E-state index contributed by atoms with van der Waals surface area (Å²) in [7, 11) is -3.34. The summed E-state index contributed by atoms with van der Waals surface area (Å²) in [5.41, 5.74) is 1.20. The lowest BCUT2D eigenvalue weighted by Gasteiger charge is -2.24. The van der Waals surface area contributed by atoms with Crippen molar-refractivity contribution in [2.75, 3.05) is 19.6 Å². The normalized spacial score (nSPS) is 26.7. The third-order valence-electron chi connectivity index (χ3n) is 4.67. The average Bonchev–Trinajstić information content (AvgIpc) is 2.93. The summed E-state index contributed by atoms with van der Waals surface area (Å²) in [6.07, 6.45) is 4.37. The van der Waals surface area contributed by atoms with Crippen LogP contribution >= 0.6 is 0 Å². The fourth-order valence-corrected chi connectivity index (χ4v) is 4.99. The standard InChI is InChI=1S/C16H24N2O2S/c1-2-4-13-6-8-15(9-7-13)21(19,20)18-11-14-5-3-10-17-16(14)12-18/h6-9,14,16-17H,2-5,10-12H2,1H3/t14-,16+/m0/s1. The highest BCUT2D eigenvalue weighted by atomic mass is 32.2. The molecule has 0 bridgehead atoms. The maximum Gasteiger partial charge on any atom is 0.243 e. The lowest BCUT2D eigenvalue weighted by Crippen LogP contribution is -2.41. The van der Waals surface area contributed by atoms with E-state index >= 15 is 0 Å². The van der Waals surface area contributed by atoms with E-state index in [-0.39, 0.29) is 0 Å². The van der Waals surface area contributed by atoms with Crippen LogP contribution in [0.2, 0.25) is 0 Å². The van der Waals surface area contributed by atoms with E-state index in [0.717, 1.165) is 32.2 Å². The zero-order chi connectivity index (χ0) is 14.9. The molecule has 5 heteroatoms. The summed E-state index contributed by atoms with van der Waals surface area (Å²) in [4.78, 5) is 0.431. The van der Waals surface area contributed by atoms with Crippen LogP contribution in [0.5, 0.6) is 0 Å². The van der Waals surface area contributed by atoms with Crippen molar-refractivity contribution in [1.29, 1.82) is 0 Å². The Hall–Kier alpha value is -0.910. The van der Waals surface area contributed by atoms with Crippen LogP contribution in [0.4, 0.5) is 0 Å². The molecular formula is C16H24N2O2S. The van der Waals surface area contributed by atoms with Crippen molar-refractivity contribution in [3.63, 3.8) is 0 Å². The zero-order valence-electron chi connectivity index (χ0n) is 12.6. The molecule has 0 saturated carbocycles. The van der Waals surface area contributed by atoms with E-state index in [1.807, 2.05) is 12.1 Å². The number of hydrogen-bond donors (Lipinski definition) is 1. The van der Waals surface area contributed by atoms with Gasteiger partial charge in [-0.3, -0.25) is 0 Å². The fraction of sp³-hybridized carbons (Fsp3) is 0.625. The molecule has 1 aromatic rings. The predicted molar refractivity (Wildman–Crippen MR) is 83.7 cm³/mol. The molecule has 2 atom stereocenters. The molecule has 116 valence electrons. The van der Waals surface area contributed by atoms with Crippen molar-refractivity contribution in [3.8, 4) is 0 Å². The third kappa shape index (κ3) is 3.00. The van der Waals surface area contributed by atoms with Crippen molar-refractivity contribution in [2.24, 2.45) is 5.92 Å². The number of rotatable bonds is 4. The van der Waals surface area contributed by atoms with Crippen LogP contribution in [-0.2, 0) is 16.4 Å². The van der Waals surface area contributed by atoms with Crippen molar-refractivity contribution in [1.82, 2.24) is 9.62 Å².